The second-order valence-corrected chi connectivity index (χ2v) is 7.49. The normalized spacial score (nSPS) is 11.0. The lowest BCUT2D eigenvalue weighted by atomic mass is 10.1. The summed E-state index contributed by atoms with van der Waals surface area (Å²) in [5.74, 6) is 1.05. The molecule has 25 heavy (non-hydrogen) atoms. The zero-order valence-corrected chi connectivity index (χ0v) is 16.0. The maximum Gasteiger partial charge on any atom is 0.231 e. The summed E-state index contributed by atoms with van der Waals surface area (Å²) in [5, 5.41) is 1.67. The van der Waals surface area contributed by atoms with E-state index >= 15 is 0 Å². The Bertz CT molecular complexity index is 890. The topological polar surface area (TPSA) is 36.1 Å². The van der Waals surface area contributed by atoms with Gasteiger partial charge in [-0.15, -0.1) is 11.8 Å². The van der Waals surface area contributed by atoms with Crippen LogP contribution >= 0.6 is 23.4 Å². The molecule has 130 valence electrons. The first-order chi connectivity index (χ1) is 12.2. The lowest BCUT2D eigenvalue weighted by molar-refractivity contribution is -0.117. The molecule has 0 spiro atoms. The number of halogens is 1. The van der Waals surface area contributed by atoms with Crippen molar-refractivity contribution in [3.05, 3.63) is 53.7 Å². The van der Waals surface area contributed by atoms with Gasteiger partial charge >= 0.3 is 0 Å². The summed E-state index contributed by atoms with van der Waals surface area (Å²) in [5.41, 5.74) is 2.73. The van der Waals surface area contributed by atoms with Crippen LogP contribution in [0.3, 0.4) is 0 Å². The number of nitrogens with zero attached hydrogens (tertiary/aromatic N) is 1. The molecule has 2 aromatic carbocycles. The number of rotatable bonds is 6. The Balaban J connectivity index is 2.17. The Hall–Kier alpha value is -1.91. The second kappa shape index (κ2) is 7.98. The van der Waals surface area contributed by atoms with Gasteiger partial charge in [0.15, 0.2) is 0 Å². The van der Waals surface area contributed by atoms with Crippen LogP contribution in [0.4, 0.5) is 11.4 Å². The van der Waals surface area contributed by atoms with Gasteiger partial charge in [0.1, 0.15) is 0 Å². The first-order valence-electron chi connectivity index (χ1n) is 8.47. The number of aromatic nitrogens is 1. The van der Waals surface area contributed by atoms with Gasteiger partial charge in [0.25, 0.3) is 0 Å². The third-order valence-corrected chi connectivity index (χ3v) is 5.16. The van der Waals surface area contributed by atoms with E-state index in [0.29, 0.717) is 11.4 Å². The molecule has 0 aliphatic rings. The molecular weight excluding hydrogens is 352 g/mol. The summed E-state index contributed by atoms with van der Waals surface area (Å²) in [6, 6.07) is 13.8. The number of aromatic amines is 1. The number of thioether (sulfide) groups is 1. The summed E-state index contributed by atoms with van der Waals surface area (Å²) < 4.78 is 0. The molecule has 0 saturated heterocycles. The number of hydrogen-bond donors (Lipinski definition) is 1. The molecule has 0 unspecified atom stereocenters. The van der Waals surface area contributed by atoms with Crippen LogP contribution in [-0.2, 0) is 4.79 Å². The van der Waals surface area contributed by atoms with Crippen molar-refractivity contribution in [1.29, 1.82) is 0 Å². The molecule has 0 bridgehead atoms. The van der Waals surface area contributed by atoms with Crippen molar-refractivity contribution in [2.24, 2.45) is 0 Å². The zero-order valence-electron chi connectivity index (χ0n) is 14.4. The minimum absolute atomic E-state index is 0.0995. The van der Waals surface area contributed by atoms with E-state index in [2.05, 4.69) is 18.0 Å². The number of carbonyl (C=O) groups excluding carboxylic acids is 1. The summed E-state index contributed by atoms with van der Waals surface area (Å²) in [7, 11) is 0. The fourth-order valence-corrected chi connectivity index (χ4v) is 3.88. The van der Waals surface area contributed by atoms with Crippen molar-refractivity contribution in [3.8, 4) is 0 Å². The van der Waals surface area contributed by atoms with E-state index in [9.17, 15) is 4.79 Å². The van der Waals surface area contributed by atoms with Crippen LogP contribution in [0.1, 0.15) is 26.7 Å². The average molecular weight is 373 g/mol. The number of H-pyrrole nitrogens is 1. The first kappa shape index (κ1) is 17.9. The highest BCUT2D eigenvalue weighted by Crippen LogP contribution is 2.39. The first-order valence-corrected chi connectivity index (χ1v) is 9.83. The van der Waals surface area contributed by atoms with Gasteiger partial charge < -0.3 is 4.98 Å². The predicted molar refractivity (Wildman–Crippen MR) is 108 cm³/mol. The van der Waals surface area contributed by atoms with Crippen molar-refractivity contribution >= 4 is 51.5 Å². The molecule has 3 aromatic rings. The summed E-state index contributed by atoms with van der Waals surface area (Å²) in [6.07, 6.45) is 3.21. The number of anilines is 2. The van der Waals surface area contributed by atoms with Crippen molar-refractivity contribution in [3.63, 3.8) is 0 Å². The number of amides is 1. The second-order valence-electron chi connectivity index (χ2n) is 5.74. The van der Waals surface area contributed by atoms with Crippen LogP contribution in [0.2, 0.25) is 5.02 Å². The molecule has 3 rings (SSSR count). The van der Waals surface area contributed by atoms with E-state index in [1.54, 1.807) is 11.8 Å². The molecule has 3 nitrogen and oxygen atoms in total. The minimum Gasteiger partial charge on any atom is -0.359 e. The molecular formula is C20H21ClN2OS. The number of nitrogens with one attached hydrogen (secondary N) is 1. The largest absolute Gasteiger partial charge is 0.359 e. The molecule has 1 N–H and O–H groups in total. The van der Waals surface area contributed by atoms with Crippen molar-refractivity contribution in [2.75, 3.05) is 10.7 Å². The Morgan fingerprint density at radius 3 is 2.72 bits per heavy atom. The highest BCUT2D eigenvalue weighted by atomic mass is 35.5. The molecule has 1 heterocycles. The Morgan fingerprint density at radius 2 is 1.96 bits per heavy atom. The van der Waals surface area contributed by atoms with Crippen LogP contribution in [0.25, 0.3) is 10.9 Å². The van der Waals surface area contributed by atoms with Gasteiger partial charge in [-0.3, -0.25) is 9.69 Å². The lowest BCUT2D eigenvalue weighted by Gasteiger charge is -2.24. The number of para-hydroxylation sites is 1. The highest BCUT2D eigenvalue weighted by molar-refractivity contribution is 7.99. The Morgan fingerprint density at radius 1 is 1.16 bits per heavy atom. The van der Waals surface area contributed by atoms with Crippen LogP contribution < -0.4 is 4.90 Å². The molecule has 0 aliphatic carbocycles. The summed E-state index contributed by atoms with van der Waals surface area (Å²) in [6.45, 7) is 4.14. The van der Waals surface area contributed by atoms with Crippen LogP contribution in [0.15, 0.2) is 53.6 Å². The number of benzene rings is 2. The van der Waals surface area contributed by atoms with E-state index in [1.165, 1.54) is 0 Å². The fraction of sp³-hybridized carbons (Fsp3) is 0.250. The van der Waals surface area contributed by atoms with Crippen molar-refractivity contribution in [1.82, 2.24) is 4.98 Å². The van der Waals surface area contributed by atoms with E-state index < -0.39 is 0 Å². The third kappa shape index (κ3) is 3.70. The van der Waals surface area contributed by atoms with Gasteiger partial charge in [-0.2, -0.15) is 0 Å². The molecule has 0 atom stereocenters. The molecule has 0 aliphatic heterocycles. The van der Waals surface area contributed by atoms with E-state index in [1.807, 2.05) is 54.4 Å². The van der Waals surface area contributed by atoms with Crippen LogP contribution in [0.5, 0.6) is 0 Å². The Kier molecular flexibility index (Phi) is 5.71. The summed E-state index contributed by atoms with van der Waals surface area (Å²) in [4.78, 5) is 19.2. The highest BCUT2D eigenvalue weighted by Gasteiger charge is 2.22. The van der Waals surface area contributed by atoms with Gasteiger partial charge in [0, 0.05) is 33.4 Å². The molecule has 0 radical (unpaired) electrons. The number of hydrogen-bond acceptors (Lipinski definition) is 2. The lowest BCUT2D eigenvalue weighted by Crippen LogP contribution is -2.25. The van der Waals surface area contributed by atoms with E-state index in [4.69, 9.17) is 11.6 Å². The quantitative estimate of drug-likeness (QED) is 0.508. The molecule has 0 saturated carbocycles. The van der Waals surface area contributed by atoms with Gasteiger partial charge in [-0.05, 0) is 42.5 Å². The summed E-state index contributed by atoms with van der Waals surface area (Å²) >= 11 is 7.85. The van der Waals surface area contributed by atoms with Crippen LogP contribution in [0, 0.1) is 0 Å². The standard InChI is InChI=1S/C20H21ClN2OS/c1-3-7-20(24)23(17-8-5-6-9-19(17)25-4-2)18-13-22-16-12-14(21)10-11-15(16)18/h5-6,8-13,22H,3-4,7H2,1-2H3. The maximum atomic E-state index is 13.0. The van der Waals surface area contributed by atoms with Crippen LogP contribution in [-0.4, -0.2) is 16.6 Å². The molecule has 1 amide bonds. The average Bonchev–Trinajstić information content (AvgIpc) is 3.00. The zero-order chi connectivity index (χ0) is 17.8. The SMILES string of the molecule is CCCC(=O)N(c1ccccc1SCC)c1c[nH]c2cc(Cl)ccc12. The monoisotopic (exact) mass is 372 g/mol. The van der Waals surface area contributed by atoms with E-state index in [-0.39, 0.29) is 5.91 Å². The van der Waals surface area contributed by atoms with Gasteiger partial charge in [0.05, 0.1) is 11.4 Å². The van der Waals surface area contributed by atoms with Gasteiger partial charge in [-0.1, -0.05) is 37.6 Å². The smallest absolute Gasteiger partial charge is 0.231 e. The molecule has 1 aromatic heterocycles. The number of fused-ring (bicyclic) bond motifs is 1. The van der Waals surface area contributed by atoms with Crippen molar-refractivity contribution in [2.45, 2.75) is 31.6 Å². The maximum absolute atomic E-state index is 13.0. The molecule has 0 fully saturated rings. The van der Waals surface area contributed by atoms with Crippen molar-refractivity contribution < 1.29 is 4.79 Å². The predicted octanol–water partition coefficient (Wildman–Crippen LogP) is 6.40. The fourth-order valence-electron chi connectivity index (χ4n) is 2.91. The third-order valence-electron chi connectivity index (χ3n) is 3.98. The Labute approximate surface area is 157 Å². The van der Waals surface area contributed by atoms with Gasteiger partial charge in [0.2, 0.25) is 5.91 Å². The van der Waals surface area contributed by atoms with Gasteiger partial charge in [-0.25, -0.2) is 0 Å². The molecule has 5 heteroatoms. The van der Waals surface area contributed by atoms with E-state index in [0.717, 1.165) is 39.3 Å². The number of carbonyl (C=O) groups is 1. The minimum atomic E-state index is 0.0995.